The van der Waals surface area contributed by atoms with Gasteiger partial charge in [0.05, 0.1) is 17.8 Å². The van der Waals surface area contributed by atoms with Crippen molar-refractivity contribution in [2.45, 2.75) is 44.7 Å². The van der Waals surface area contributed by atoms with Crippen molar-refractivity contribution in [2.75, 3.05) is 12.4 Å². The Bertz CT molecular complexity index is 1200. The molecule has 0 aliphatic carbocycles. The highest BCUT2D eigenvalue weighted by molar-refractivity contribution is 7.83. The number of carbonyl (C=O) groups excluding carboxylic acids is 1. The van der Waals surface area contributed by atoms with Gasteiger partial charge in [-0.1, -0.05) is 25.4 Å². The largest absolute Gasteiger partial charge is 0.481 e. The Morgan fingerprint density at radius 3 is 2.58 bits per heavy atom. The molecule has 0 saturated carbocycles. The molecule has 2 aromatic heterocycles. The van der Waals surface area contributed by atoms with Crippen molar-refractivity contribution < 1.29 is 18.1 Å². The molecule has 11 heteroatoms. The number of rotatable bonds is 7. The second-order valence-corrected chi connectivity index (χ2v) is 9.38. The van der Waals surface area contributed by atoms with E-state index in [9.17, 15) is 13.4 Å². The van der Waals surface area contributed by atoms with Gasteiger partial charge in [0.1, 0.15) is 5.82 Å². The van der Waals surface area contributed by atoms with Gasteiger partial charge in [-0.25, -0.2) is 18.4 Å². The van der Waals surface area contributed by atoms with Gasteiger partial charge >= 0.3 is 6.03 Å². The Labute approximate surface area is 199 Å². The zero-order valence-corrected chi connectivity index (χ0v) is 20.4. The molecular formula is C22H25ClFN5O3S. The van der Waals surface area contributed by atoms with Gasteiger partial charge in [-0.15, -0.1) is 0 Å². The Hall–Kier alpha value is -2.98. The van der Waals surface area contributed by atoms with Crippen LogP contribution >= 0.6 is 11.6 Å². The van der Waals surface area contributed by atoms with E-state index in [-0.39, 0.29) is 22.0 Å². The number of benzene rings is 1. The summed E-state index contributed by atoms with van der Waals surface area (Å²) < 4.78 is 36.3. The SMILES string of the molecule is COc1cc(-c2cc(F)cc(C(C)C)c2NC(=O)NS(=O)c2nn(C(C)C)cc2Cl)ccn1. The number of carbonyl (C=O) groups is 1. The van der Waals surface area contributed by atoms with Crippen LogP contribution < -0.4 is 14.8 Å². The third kappa shape index (κ3) is 5.69. The number of anilines is 1. The molecule has 3 aromatic rings. The van der Waals surface area contributed by atoms with Crippen LogP contribution in [0.25, 0.3) is 11.1 Å². The smallest absolute Gasteiger partial charge is 0.331 e. The number of amides is 2. The number of hydrogen-bond acceptors (Lipinski definition) is 5. The van der Waals surface area contributed by atoms with Gasteiger partial charge in [0.2, 0.25) is 5.88 Å². The van der Waals surface area contributed by atoms with E-state index in [2.05, 4.69) is 20.1 Å². The predicted octanol–water partition coefficient (Wildman–Crippen LogP) is 5.29. The molecule has 0 saturated heterocycles. The van der Waals surface area contributed by atoms with Crippen LogP contribution in [0.2, 0.25) is 5.02 Å². The highest BCUT2D eigenvalue weighted by Crippen LogP contribution is 2.36. The first-order valence-electron chi connectivity index (χ1n) is 10.2. The van der Waals surface area contributed by atoms with Crippen LogP contribution in [-0.4, -0.2) is 32.1 Å². The van der Waals surface area contributed by atoms with Crippen LogP contribution in [0.4, 0.5) is 14.9 Å². The minimum Gasteiger partial charge on any atom is -0.481 e. The summed E-state index contributed by atoms with van der Waals surface area (Å²) in [6, 6.07) is 5.25. The normalized spacial score (nSPS) is 12.2. The van der Waals surface area contributed by atoms with Crippen molar-refractivity contribution in [1.29, 1.82) is 0 Å². The standard InChI is InChI=1S/C22H25ClFN5O3S/c1-12(2)16-9-15(24)10-17(14-6-7-25-19(8-14)32-5)20(16)26-22(30)28-33(31)21-18(23)11-29(27-21)13(3)4/h6-13H,1-5H3,(H2,26,28,30). The summed E-state index contributed by atoms with van der Waals surface area (Å²) in [6.07, 6.45) is 3.07. The van der Waals surface area contributed by atoms with Crippen molar-refractivity contribution in [2.24, 2.45) is 0 Å². The summed E-state index contributed by atoms with van der Waals surface area (Å²) in [6.45, 7) is 7.55. The predicted molar refractivity (Wildman–Crippen MR) is 126 cm³/mol. The first kappa shape index (κ1) is 24.7. The highest BCUT2D eigenvalue weighted by Gasteiger charge is 2.21. The molecule has 3 rings (SSSR count). The van der Waals surface area contributed by atoms with Gasteiger partial charge in [0.15, 0.2) is 16.0 Å². The maximum Gasteiger partial charge on any atom is 0.331 e. The van der Waals surface area contributed by atoms with E-state index < -0.39 is 22.8 Å². The highest BCUT2D eigenvalue weighted by atomic mass is 35.5. The summed E-state index contributed by atoms with van der Waals surface area (Å²) >= 11 is 6.14. The Morgan fingerprint density at radius 1 is 1.24 bits per heavy atom. The molecule has 2 N–H and O–H groups in total. The van der Waals surface area contributed by atoms with Crippen molar-refractivity contribution >= 4 is 34.3 Å². The molecule has 1 atom stereocenters. The minimum atomic E-state index is -2.00. The summed E-state index contributed by atoms with van der Waals surface area (Å²) in [5.41, 5.74) is 1.98. The average Bonchev–Trinajstić information content (AvgIpc) is 3.16. The van der Waals surface area contributed by atoms with Crippen LogP contribution in [0, 0.1) is 5.82 Å². The zero-order chi connectivity index (χ0) is 24.3. The number of urea groups is 1. The monoisotopic (exact) mass is 493 g/mol. The first-order chi connectivity index (χ1) is 15.6. The van der Waals surface area contributed by atoms with E-state index in [0.29, 0.717) is 28.3 Å². The minimum absolute atomic E-state index is 0.00908. The molecule has 33 heavy (non-hydrogen) atoms. The fourth-order valence-corrected chi connectivity index (χ4v) is 4.22. The van der Waals surface area contributed by atoms with Gasteiger partial charge in [-0.3, -0.25) is 9.40 Å². The molecule has 0 radical (unpaired) electrons. The maximum absolute atomic E-state index is 14.5. The van der Waals surface area contributed by atoms with E-state index in [0.717, 1.165) is 0 Å². The van der Waals surface area contributed by atoms with Gasteiger partial charge in [0.25, 0.3) is 0 Å². The van der Waals surface area contributed by atoms with Crippen LogP contribution in [0.15, 0.2) is 41.7 Å². The van der Waals surface area contributed by atoms with Crippen molar-refractivity contribution in [3.63, 3.8) is 0 Å². The number of nitrogens with one attached hydrogen (secondary N) is 2. The number of halogens is 2. The number of ether oxygens (including phenoxy) is 1. The number of pyridine rings is 1. The van der Waals surface area contributed by atoms with E-state index in [1.54, 1.807) is 23.0 Å². The lowest BCUT2D eigenvalue weighted by Gasteiger charge is -2.19. The molecule has 0 fully saturated rings. The molecule has 0 aliphatic heterocycles. The van der Waals surface area contributed by atoms with Gasteiger partial charge in [-0.2, -0.15) is 5.10 Å². The lowest BCUT2D eigenvalue weighted by atomic mass is 9.94. The van der Waals surface area contributed by atoms with E-state index >= 15 is 0 Å². The molecule has 176 valence electrons. The topological polar surface area (TPSA) is 98.1 Å². The van der Waals surface area contributed by atoms with Crippen LogP contribution in [0.5, 0.6) is 5.88 Å². The first-order valence-corrected chi connectivity index (χ1v) is 11.7. The fraction of sp³-hybridized carbons (Fsp3) is 0.318. The molecular weight excluding hydrogens is 469 g/mol. The lowest BCUT2D eigenvalue weighted by molar-refractivity contribution is 0.257. The van der Waals surface area contributed by atoms with E-state index in [4.69, 9.17) is 16.3 Å². The second kappa shape index (κ2) is 10.3. The summed E-state index contributed by atoms with van der Waals surface area (Å²) in [4.78, 5) is 16.9. The maximum atomic E-state index is 14.5. The summed E-state index contributed by atoms with van der Waals surface area (Å²) in [5.74, 6) is -0.222. The molecule has 1 aromatic carbocycles. The molecule has 2 heterocycles. The van der Waals surface area contributed by atoms with Gasteiger partial charge < -0.3 is 10.1 Å². The summed E-state index contributed by atoms with van der Waals surface area (Å²) in [5, 5.41) is 7.13. The third-order valence-corrected chi connectivity index (χ3v) is 6.21. The molecule has 0 bridgehead atoms. The quantitative estimate of drug-likeness (QED) is 0.465. The van der Waals surface area contributed by atoms with Crippen molar-refractivity contribution in [3.8, 4) is 17.0 Å². The van der Waals surface area contributed by atoms with E-state index in [1.165, 1.54) is 25.4 Å². The number of methoxy groups -OCH3 is 1. The van der Waals surface area contributed by atoms with Crippen LogP contribution in [0.1, 0.15) is 45.2 Å². The molecule has 1 unspecified atom stereocenters. The van der Waals surface area contributed by atoms with Crippen LogP contribution in [-0.2, 0) is 11.0 Å². The Morgan fingerprint density at radius 2 is 1.97 bits per heavy atom. The molecule has 0 aliphatic rings. The lowest BCUT2D eigenvalue weighted by Crippen LogP contribution is -2.31. The van der Waals surface area contributed by atoms with E-state index in [1.807, 2.05) is 27.7 Å². The number of aromatic nitrogens is 3. The fourth-order valence-electron chi connectivity index (χ4n) is 3.15. The van der Waals surface area contributed by atoms with Gasteiger partial charge in [0, 0.05) is 30.1 Å². The number of hydrogen-bond donors (Lipinski definition) is 2. The Kier molecular flexibility index (Phi) is 7.70. The van der Waals surface area contributed by atoms with Crippen molar-refractivity contribution in [3.05, 3.63) is 53.1 Å². The summed E-state index contributed by atoms with van der Waals surface area (Å²) in [7, 11) is -0.525. The zero-order valence-electron chi connectivity index (χ0n) is 18.8. The van der Waals surface area contributed by atoms with Crippen molar-refractivity contribution in [1.82, 2.24) is 19.5 Å². The average molecular weight is 494 g/mol. The third-order valence-electron chi connectivity index (χ3n) is 4.80. The molecule has 0 spiro atoms. The van der Waals surface area contributed by atoms with Gasteiger partial charge in [-0.05, 0) is 49.1 Å². The molecule has 8 nitrogen and oxygen atoms in total. The molecule has 2 amide bonds. The number of nitrogens with zero attached hydrogens (tertiary/aromatic N) is 3. The second-order valence-electron chi connectivity index (χ2n) is 7.84. The Balaban J connectivity index is 1.95. The van der Waals surface area contributed by atoms with Crippen LogP contribution in [0.3, 0.4) is 0 Å².